The van der Waals surface area contributed by atoms with Crippen molar-refractivity contribution in [1.29, 1.82) is 0 Å². The van der Waals surface area contributed by atoms with Gasteiger partial charge in [0.25, 0.3) is 0 Å². The molecular weight excluding hydrogens is 288 g/mol. The van der Waals surface area contributed by atoms with E-state index in [0.717, 1.165) is 17.7 Å². The maximum Gasteiger partial charge on any atom is 0.241 e. The van der Waals surface area contributed by atoms with Crippen LogP contribution in [0, 0.1) is 0 Å². The maximum absolute atomic E-state index is 12.3. The van der Waals surface area contributed by atoms with Gasteiger partial charge in [-0.1, -0.05) is 12.1 Å². The van der Waals surface area contributed by atoms with Gasteiger partial charge in [0, 0.05) is 29.4 Å². The van der Waals surface area contributed by atoms with Crippen molar-refractivity contribution in [2.75, 3.05) is 25.7 Å². The van der Waals surface area contributed by atoms with E-state index in [4.69, 9.17) is 4.74 Å². The topological polar surface area (TPSA) is 58.6 Å². The van der Waals surface area contributed by atoms with E-state index in [0.29, 0.717) is 12.3 Å². The van der Waals surface area contributed by atoms with E-state index in [9.17, 15) is 9.00 Å². The van der Waals surface area contributed by atoms with E-state index in [1.165, 1.54) is 0 Å². The normalized spacial score (nSPS) is 23.4. The minimum absolute atomic E-state index is 0.0951. The van der Waals surface area contributed by atoms with Crippen molar-refractivity contribution in [3.05, 3.63) is 29.8 Å². The Morgan fingerprint density at radius 2 is 2.00 bits per heavy atom. The Labute approximate surface area is 128 Å². The zero-order chi connectivity index (χ0) is 15.4. The molecule has 5 nitrogen and oxygen atoms in total. The average Bonchev–Trinajstić information content (AvgIpc) is 2.75. The van der Waals surface area contributed by atoms with Crippen LogP contribution in [0.1, 0.15) is 25.1 Å². The maximum atomic E-state index is 12.3. The molecule has 0 saturated carbocycles. The summed E-state index contributed by atoms with van der Waals surface area (Å²) < 4.78 is 16.3. The summed E-state index contributed by atoms with van der Waals surface area (Å²) in [4.78, 5) is 14.1. The molecule has 1 aliphatic rings. The fourth-order valence-electron chi connectivity index (χ4n) is 2.51. The minimum atomic E-state index is -0.821. The van der Waals surface area contributed by atoms with Crippen LogP contribution in [0.15, 0.2) is 24.3 Å². The zero-order valence-electron chi connectivity index (χ0n) is 12.7. The molecule has 1 heterocycles. The van der Waals surface area contributed by atoms with Gasteiger partial charge in [-0.15, -0.1) is 0 Å². The highest BCUT2D eigenvalue weighted by atomic mass is 32.2. The lowest BCUT2D eigenvalue weighted by Gasteiger charge is -2.24. The number of hydrogen-bond acceptors (Lipinski definition) is 4. The summed E-state index contributed by atoms with van der Waals surface area (Å²) in [5, 5.41) is 3.31. The molecule has 1 aromatic carbocycles. The summed E-state index contributed by atoms with van der Waals surface area (Å²) in [5.74, 6) is 1.51. The molecule has 1 aliphatic heterocycles. The van der Waals surface area contributed by atoms with Gasteiger partial charge in [-0.05, 0) is 31.0 Å². The molecule has 1 saturated heterocycles. The van der Waals surface area contributed by atoms with E-state index in [1.807, 2.05) is 36.1 Å². The van der Waals surface area contributed by atoms with Gasteiger partial charge in [0.15, 0.2) is 0 Å². The molecule has 0 aromatic heterocycles. The molecule has 0 spiro atoms. The van der Waals surface area contributed by atoms with Crippen LogP contribution in [0.25, 0.3) is 0 Å². The number of hydrogen-bond donors (Lipinski definition) is 1. The molecule has 1 amide bonds. The number of benzene rings is 1. The summed E-state index contributed by atoms with van der Waals surface area (Å²) in [6.07, 6.45) is 2.31. The Balaban J connectivity index is 2.10. The van der Waals surface area contributed by atoms with E-state index in [1.54, 1.807) is 13.4 Å². The third-order valence-electron chi connectivity index (χ3n) is 3.64. The van der Waals surface area contributed by atoms with Crippen LogP contribution in [0.3, 0.4) is 0 Å². The molecule has 0 aliphatic carbocycles. The quantitative estimate of drug-likeness (QED) is 0.860. The van der Waals surface area contributed by atoms with Gasteiger partial charge in [0.05, 0.1) is 13.2 Å². The molecule has 6 heteroatoms. The highest BCUT2D eigenvalue weighted by Crippen LogP contribution is 2.26. The van der Waals surface area contributed by atoms with Gasteiger partial charge < -0.3 is 9.64 Å². The smallest absolute Gasteiger partial charge is 0.241 e. The molecule has 0 bridgehead atoms. The van der Waals surface area contributed by atoms with Crippen molar-refractivity contribution in [3.8, 4) is 5.75 Å². The van der Waals surface area contributed by atoms with Crippen LogP contribution in [-0.2, 0) is 15.6 Å². The van der Waals surface area contributed by atoms with Crippen molar-refractivity contribution >= 4 is 16.7 Å². The summed E-state index contributed by atoms with van der Waals surface area (Å²) in [5.41, 5.74) is 1.03. The van der Waals surface area contributed by atoms with E-state index >= 15 is 0 Å². The van der Waals surface area contributed by atoms with E-state index < -0.39 is 10.8 Å². The van der Waals surface area contributed by atoms with Crippen LogP contribution in [-0.4, -0.2) is 46.7 Å². The summed E-state index contributed by atoms with van der Waals surface area (Å²) in [7, 11) is 0.810. The van der Waals surface area contributed by atoms with Crippen LogP contribution in [0.4, 0.5) is 0 Å². The SMILES string of the molecule is COc1ccc(C2NC(C)C(=O)N2CCCS(C)=O)cc1. The molecule has 1 aromatic rings. The third kappa shape index (κ3) is 3.83. The highest BCUT2D eigenvalue weighted by Gasteiger charge is 2.36. The van der Waals surface area contributed by atoms with Crippen molar-refractivity contribution in [1.82, 2.24) is 10.2 Å². The molecule has 1 N–H and O–H groups in total. The Morgan fingerprint density at radius 1 is 1.33 bits per heavy atom. The molecule has 3 atom stereocenters. The van der Waals surface area contributed by atoms with Crippen molar-refractivity contribution in [3.63, 3.8) is 0 Å². The van der Waals surface area contributed by atoms with Crippen LogP contribution < -0.4 is 10.1 Å². The van der Waals surface area contributed by atoms with Gasteiger partial charge in [-0.3, -0.25) is 14.3 Å². The fraction of sp³-hybridized carbons (Fsp3) is 0.533. The number of rotatable bonds is 6. The van der Waals surface area contributed by atoms with Crippen LogP contribution >= 0.6 is 0 Å². The Kier molecular flexibility index (Phi) is 5.36. The minimum Gasteiger partial charge on any atom is -0.497 e. The first-order chi connectivity index (χ1) is 10.0. The molecule has 0 radical (unpaired) electrons. The number of nitrogens with one attached hydrogen (secondary N) is 1. The molecular formula is C15H22N2O3S. The van der Waals surface area contributed by atoms with Gasteiger partial charge in [0.2, 0.25) is 5.91 Å². The second-order valence-corrected chi connectivity index (χ2v) is 6.78. The van der Waals surface area contributed by atoms with E-state index in [2.05, 4.69) is 5.32 Å². The van der Waals surface area contributed by atoms with Crippen molar-refractivity contribution < 1.29 is 13.7 Å². The third-order valence-corrected chi connectivity index (χ3v) is 4.50. The molecule has 2 rings (SSSR count). The number of nitrogens with zero attached hydrogens (tertiary/aromatic N) is 1. The number of amides is 1. The Morgan fingerprint density at radius 3 is 2.57 bits per heavy atom. The Bertz CT molecular complexity index is 518. The average molecular weight is 310 g/mol. The lowest BCUT2D eigenvalue weighted by atomic mass is 10.1. The monoisotopic (exact) mass is 310 g/mol. The molecule has 1 fully saturated rings. The number of ether oxygens (including phenoxy) is 1. The lowest BCUT2D eigenvalue weighted by Crippen LogP contribution is -2.32. The largest absolute Gasteiger partial charge is 0.497 e. The standard InChI is InChI=1S/C15H22N2O3S/c1-11-15(18)17(9-4-10-21(3)19)14(16-11)12-5-7-13(20-2)8-6-12/h5-8,11,14,16H,4,9-10H2,1-3H3. The number of carbonyl (C=O) groups excluding carboxylic acids is 1. The van der Waals surface area contributed by atoms with Crippen molar-refractivity contribution in [2.45, 2.75) is 25.6 Å². The van der Waals surface area contributed by atoms with Crippen LogP contribution in [0.5, 0.6) is 5.75 Å². The van der Waals surface area contributed by atoms with Gasteiger partial charge in [-0.25, -0.2) is 0 Å². The second kappa shape index (κ2) is 7.04. The van der Waals surface area contributed by atoms with Gasteiger partial charge >= 0.3 is 0 Å². The van der Waals surface area contributed by atoms with Gasteiger partial charge in [0.1, 0.15) is 11.9 Å². The summed E-state index contributed by atoms with van der Waals surface area (Å²) >= 11 is 0. The van der Waals surface area contributed by atoms with Crippen molar-refractivity contribution in [2.24, 2.45) is 0 Å². The molecule has 116 valence electrons. The first-order valence-electron chi connectivity index (χ1n) is 7.03. The van der Waals surface area contributed by atoms with Crippen LogP contribution in [0.2, 0.25) is 0 Å². The van der Waals surface area contributed by atoms with Gasteiger partial charge in [-0.2, -0.15) is 0 Å². The Hall–Kier alpha value is -1.40. The van der Waals surface area contributed by atoms with E-state index in [-0.39, 0.29) is 18.1 Å². The number of carbonyl (C=O) groups is 1. The first kappa shape index (κ1) is 16.0. The summed E-state index contributed by atoms with van der Waals surface area (Å²) in [6, 6.07) is 7.52. The predicted molar refractivity (Wildman–Crippen MR) is 83.6 cm³/mol. The first-order valence-corrected chi connectivity index (χ1v) is 8.76. The highest BCUT2D eigenvalue weighted by molar-refractivity contribution is 7.84. The number of methoxy groups -OCH3 is 1. The predicted octanol–water partition coefficient (Wildman–Crippen LogP) is 1.28. The second-order valence-electron chi connectivity index (χ2n) is 5.23. The fourth-order valence-corrected chi connectivity index (χ4v) is 3.05. The lowest BCUT2D eigenvalue weighted by molar-refractivity contribution is -0.129. The summed E-state index contributed by atoms with van der Waals surface area (Å²) in [6.45, 7) is 2.49. The molecule has 3 unspecified atom stereocenters. The zero-order valence-corrected chi connectivity index (χ0v) is 13.5. The molecule has 21 heavy (non-hydrogen) atoms.